The lowest BCUT2D eigenvalue weighted by Gasteiger charge is -2.43. The van der Waals surface area contributed by atoms with Gasteiger partial charge in [-0.05, 0) is 73.4 Å². The van der Waals surface area contributed by atoms with Gasteiger partial charge in [-0.25, -0.2) is 5.43 Å². The molecule has 164 valence electrons. The average Bonchev–Trinajstić information content (AvgIpc) is 2.76. The number of nitrogens with zero attached hydrogens (tertiary/aromatic N) is 2. The van der Waals surface area contributed by atoms with Gasteiger partial charge in [0.05, 0.1) is 17.3 Å². The van der Waals surface area contributed by atoms with E-state index >= 15 is 0 Å². The highest BCUT2D eigenvalue weighted by molar-refractivity contribution is 6.01. The first kappa shape index (κ1) is 21.6. The van der Waals surface area contributed by atoms with Crippen LogP contribution >= 0.6 is 0 Å². The molecule has 1 aliphatic rings. The molecule has 2 N–H and O–H groups in total. The van der Waals surface area contributed by atoms with Gasteiger partial charge in [0.25, 0.3) is 5.91 Å². The SMILES string of the molecule is CCCN1c2ccc(/C=N\NC(=O)c3cc4ccccc4cc3O)cc2C(C)=CC1(C)C. The van der Waals surface area contributed by atoms with Gasteiger partial charge in [-0.3, -0.25) is 4.79 Å². The van der Waals surface area contributed by atoms with E-state index in [2.05, 4.69) is 61.3 Å². The van der Waals surface area contributed by atoms with Crippen LogP contribution in [-0.2, 0) is 0 Å². The molecule has 0 atom stereocenters. The molecule has 0 saturated carbocycles. The third-order valence-corrected chi connectivity index (χ3v) is 5.94. The third kappa shape index (κ3) is 4.11. The first-order valence-corrected chi connectivity index (χ1v) is 11.0. The lowest BCUT2D eigenvalue weighted by atomic mass is 9.88. The number of benzene rings is 3. The van der Waals surface area contributed by atoms with E-state index in [-0.39, 0.29) is 16.9 Å². The predicted molar refractivity (Wildman–Crippen MR) is 132 cm³/mol. The number of nitrogens with one attached hydrogen (secondary N) is 1. The molecule has 0 unspecified atom stereocenters. The van der Waals surface area contributed by atoms with Crippen LogP contribution in [0, 0.1) is 0 Å². The zero-order valence-electron chi connectivity index (χ0n) is 19.0. The van der Waals surface area contributed by atoms with Gasteiger partial charge in [0.2, 0.25) is 0 Å². The zero-order chi connectivity index (χ0) is 22.9. The van der Waals surface area contributed by atoms with E-state index in [1.165, 1.54) is 16.8 Å². The van der Waals surface area contributed by atoms with Crippen LogP contribution in [0.15, 0.2) is 65.8 Å². The van der Waals surface area contributed by atoms with E-state index in [9.17, 15) is 9.90 Å². The minimum Gasteiger partial charge on any atom is -0.507 e. The molecule has 0 fully saturated rings. The number of hydrogen-bond donors (Lipinski definition) is 2. The van der Waals surface area contributed by atoms with Gasteiger partial charge in [-0.15, -0.1) is 0 Å². The summed E-state index contributed by atoms with van der Waals surface area (Å²) in [6.45, 7) is 9.79. The van der Waals surface area contributed by atoms with Gasteiger partial charge >= 0.3 is 0 Å². The lowest BCUT2D eigenvalue weighted by Crippen LogP contribution is -2.45. The molecular formula is C27H29N3O2. The Balaban J connectivity index is 1.54. The van der Waals surface area contributed by atoms with Crippen LogP contribution in [0.4, 0.5) is 5.69 Å². The number of carbonyl (C=O) groups is 1. The van der Waals surface area contributed by atoms with Gasteiger partial charge < -0.3 is 10.0 Å². The number of amides is 1. The van der Waals surface area contributed by atoms with E-state index in [0.717, 1.165) is 29.3 Å². The molecule has 0 saturated heterocycles. The van der Waals surface area contributed by atoms with Crippen LogP contribution < -0.4 is 10.3 Å². The molecule has 0 radical (unpaired) electrons. The predicted octanol–water partition coefficient (Wildman–Crippen LogP) is 5.72. The highest BCUT2D eigenvalue weighted by Crippen LogP contribution is 2.39. The summed E-state index contributed by atoms with van der Waals surface area (Å²) >= 11 is 0. The van der Waals surface area contributed by atoms with Crippen LogP contribution in [0.1, 0.15) is 55.6 Å². The lowest BCUT2D eigenvalue weighted by molar-refractivity contribution is 0.0952. The number of fused-ring (bicyclic) bond motifs is 2. The summed E-state index contributed by atoms with van der Waals surface area (Å²) in [6, 6.07) is 17.1. The summed E-state index contributed by atoms with van der Waals surface area (Å²) in [4.78, 5) is 15.0. The number of hydrazone groups is 1. The van der Waals surface area contributed by atoms with Crippen molar-refractivity contribution in [3.8, 4) is 5.75 Å². The maximum absolute atomic E-state index is 12.6. The Morgan fingerprint density at radius 2 is 1.84 bits per heavy atom. The molecule has 1 amide bonds. The van der Waals surface area contributed by atoms with Crippen molar-refractivity contribution in [2.24, 2.45) is 5.10 Å². The van der Waals surface area contributed by atoms with Crippen molar-refractivity contribution < 1.29 is 9.90 Å². The second kappa shape index (κ2) is 8.50. The standard InChI is InChI=1S/C27H29N3O2/c1-5-12-30-24-11-10-19(13-22(24)18(2)16-27(30,3)4)17-28-29-26(32)23-14-20-8-6-7-9-21(20)15-25(23)31/h6-11,13-17,31H,5,12H2,1-4H3,(H,29,32)/b28-17-. The van der Waals surface area contributed by atoms with Gasteiger partial charge in [0.15, 0.2) is 0 Å². The topological polar surface area (TPSA) is 64.9 Å². The molecule has 0 aliphatic carbocycles. The van der Waals surface area contributed by atoms with E-state index in [4.69, 9.17) is 0 Å². The van der Waals surface area contributed by atoms with Gasteiger partial charge in [0, 0.05) is 17.8 Å². The maximum atomic E-state index is 12.6. The summed E-state index contributed by atoms with van der Waals surface area (Å²) < 4.78 is 0. The Morgan fingerprint density at radius 1 is 1.12 bits per heavy atom. The fourth-order valence-electron chi connectivity index (χ4n) is 4.45. The van der Waals surface area contributed by atoms with E-state index < -0.39 is 5.91 Å². The molecular weight excluding hydrogens is 398 g/mol. The Kier molecular flexibility index (Phi) is 5.74. The summed E-state index contributed by atoms with van der Waals surface area (Å²) in [5.41, 5.74) is 7.23. The van der Waals surface area contributed by atoms with E-state index in [1.807, 2.05) is 30.3 Å². The number of phenolic OH excluding ortho intramolecular Hbond substituents is 1. The quantitative estimate of drug-likeness (QED) is 0.404. The first-order chi connectivity index (χ1) is 15.3. The van der Waals surface area contributed by atoms with Crippen LogP contribution in [-0.4, -0.2) is 29.3 Å². The molecule has 32 heavy (non-hydrogen) atoms. The van der Waals surface area contributed by atoms with Crippen molar-refractivity contribution in [3.05, 3.63) is 77.4 Å². The van der Waals surface area contributed by atoms with Crippen LogP contribution in [0.2, 0.25) is 0 Å². The average molecular weight is 428 g/mol. The fourth-order valence-corrected chi connectivity index (χ4v) is 4.45. The minimum atomic E-state index is -0.450. The summed E-state index contributed by atoms with van der Waals surface area (Å²) in [5.74, 6) is -0.515. The second-order valence-electron chi connectivity index (χ2n) is 8.82. The highest BCUT2D eigenvalue weighted by atomic mass is 16.3. The number of rotatable bonds is 5. The molecule has 5 nitrogen and oxygen atoms in total. The Labute approximate surface area is 189 Å². The van der Waals surface area contributed by atoms with E-state index in [1.54, 1.807) is 18.3 Å². The van der Waals surface area contributed by atoms with Crippen molar-refractivity contribution >= 4 is 34.2 Å². The Morgan fingerprint density at radius 3 is 2.56 bits per heavy atom. The van der Waals surface area contributed by atoms with Crippen molar-refractivity contribution in [2.45, 2.75) is 39.7 Å². The number of phenols is 1. The zero-order valence-corrected chi connectivity index (χ0v) is 19.0. The summed E-state index contributed by atoms with van der Waals surface area (Å²) in [7, 11) is 0. The molecule has 0 bridgehead atoms. The number of aromatic hydroxyl groups is 1. The minimum absolute atomic E-state index is 0.0292. The molecule has 3 aromatic rings. The Bertz CT molecular complexity index is 1240. The number of carbonyl (C=O) groups excluding carboxylic acids is 1. The molecule has 5 heteroatoms. The molecule has 0 aromatic heterocycles. The normalized spacial score (nSPS) is 15.0. The van der Waals surface area contributed by atoms with Gasteiger partial charge in [-0.1, -0.05) is 43.3 Å². The van der Waals surface area contributed by atoms with Crippen molar-refractivity contribution in [3.63, 3.8) is 0 Å². The van der Waals surface area contributed by atoms with Gasteiger partial charge in [-0.2, -0.15) is 5.10 Å². The van der Waals surface area contributed by atoms with Crippen LogP contribution in [0.5, 0.6) is 5.75 Å². The number of anilines is 1. The highest BCUT2D eigenvalue weighted by Gasteiger charge is 2.30. The smallest absolute Gasteiger partial charge is 0.275 e. The number of hydrogen-bond acceptors (Lipinski definition) is 4. The van der Waals surface area contributed by atoms with Crippen molar-refractivity contribution in [1.82, 2.24) is 5.43 Å². The summed E-state index contributed by atoms with van der Waals surface area (Å²) in [6.07, 6.45) is 5.01. The maximum Gasteiger partial charge on any atom is 0.275 e. The molecule has 3 aromatic carbocycles. The third-order valence-electron chi connectivity index (χ3n) is 5.94. The van der Waals surface area contributed by atoms with E-state index in [0.29, 0.717) is 0 Å². The fraction of sp³-hybridized carbons (Fsp3) is 0.259. The Hall–Kier alpha value is -3.60. The first-order valence-electron chi connectivity index (χ1n) is 11.0. The second-order valence-corrected chi connectivity index (χ2v) is 8.82. The molecule has 0 spiro atoms. The molecule has 1 heterocycles. The van der Waals surface area contributed by atoms with Gasteiger partial charge in [0.1, 0.15) is 5.75 Å². The van der Waals surface area contributed by atoms with Crippen LogP contribution in [0.25, 0.3) is 16.3 Å². The molecule has 1 aliphatic heterocycles. The van der Waals surface area contributed by atoms with Crippen molar-refractivity contribution in [2.75, 3.05) is 11.4 Å². The molecule has 4 rings (SSSR count). The number of allylic oxidation sites excluding steroid dienone is 1. The largest absolute Gasteiger partial charge is 0.507 e. The monoisotopic (exact) mass is 427 g/mol. The van der Waals surface area contributed by atoms with Crippen molar-refractivity contribution in [1.29, 1.82) is 0 Å². The summed E-state index contributed by atoms with van der Waals surface area (Å²) in [5, 5.41) is 16.1. The van der Waals surface area contributed by atoms with Crippen LogP contribution in [0.3, 0.4) is 0 Å².